The van der Waals surface area contributed by atoms with Gasteiger partial charge in [-0.15, -0.1) is 0 Å². The van der Waals surface area contributed by atoms with Crippen LogP contribution in [0.25, 0.3) is 0 Å². The summed E-state index contributed by atoms with van der Waals surface area (Å²) < 4.78 is 22.1. The Hall–Kier alpha value is -1.99. The maximum absolute atomic E-state index is 11.0. The molecule has 5 nitrogen and oxygen atoms in total. The van der Waals surface area contributed by atoms with Crippen molar-refractivity contribution in [2.24, 2.45) is 0 Å². The molecule has 6 heteroatoms. The Kier molecular flexibility index (Phi) is 9.04. The second kappa shape index (κ2) is 11.3. The van der Waals surface area contributed by atoms with Crippen LogP contribution in [-0.2, 0) is 23.4 Å². The van der Waals surface area contributed by atoms with E-state index in [1.165, 1.54) is 17.5 Å². The number of hydrogen-bond acceptors (Lipinski definition) is 5. The monoisotopic (exact) mass is 416 g/mol. The van der Waals surface area contributed by atoms with Gasteiger partial charge in [0.05, 0.1) is 33.5 Å². The van der Waals surface area contributed by atoms with Crippen LogP contribution in [0.5, 0.6) is 0 Å². The maximum atomic E-state index is 11.0. The standard InChI is InChI=1S/C23H32O5Si/c1-23(2,3)29(20-11-7-5-8-12-20,21-13-9-6-10-14-21)28-18-17-26-15-16-27-19-22(24)25-4/h5-14H,15-19H2,1-4H3. The van der Waals surface area contributed by atoms with Gasteiger partial charge in [-0.1, -0.05) is 81.4 Å². The summed E-state index contributed by atoms with van der Waals surface area (Å²) in [4.78, 5) is 11.0. The Morgan fingerprint density at radius 1 is 0.793 bits per heavy atom. The van der Waals surface area contributed by atoms with Crippen molar-refractivity contribution in [3.8, 4) is 0 Å². The van der Waals surface area contributed by atoms with Gasteiger partial charge in [-0.25, -0.2) is 4.79 Å². The van der Waals surface area contributed by atoms with E-state index in [4.69, 9.17) is 13.9 Å². The fraction of sp³-hybridized carbons (Fsp3) is 0.435. The van der Waals surface area contributed by atoms with Crippen LogP contribution in [0, 0.1) is 0 Å². The zero-order chi connectivity index (χ0) is 21.2. The summed E-state index contributed by atoms with van der Waals surface area (Å²) in [7, 11) is -1.18. The minimum atomic E-state index is -2.52. The van der Waals surface area contributed by atoms with Crippen molar-refractivity contribution in [2.75, 3.05) is 40.1 Å². The molecule has 0 aliphatic heterocycles. The highest BCUT2D eigenvalue weighted by molar-refractivity contribution is 6.99. The number of esters is 1. The van der Waals surface area contributed by atoms with E-state index < -0.39 is 8.32 Å². The summed E-state index contributed by atoms with van der Waals surface area (Å²) in [6.07, 6.45) is 0. The van der Waals surface area contributed by atoms with E-state index in [9.17, 15) is 4.79 Å². The average Bonchev–Trinajstić information content (AvgIpc) is 2.73. The first-order valence-electron chi connectivity index (χ1n) is 9.89. The first-order valence-corrected chi connectivity index (χ1v) is 11.8. The molecule has 158 valence electrons. The van der Waals surface area contributed by atoms with Crippen LogP contribution in [0.4, 0.5) is 0 Å². The molecule has 0 aromatic heterocycles. The normalized spacial score (nSPS) is 12.0. The summed E-state index contributed by atoms with van der Waals surface area (Å²) in [5, 5.41) is 2.44. The van der Waals surface area contributed by atoms with Gasteiger partial charge in [-0.05, 0) is 15.4 Å². The molecule has 0 amide bonds. The lowest BCUT2D eigenvalue weighted by atomic mass is 10.2. The van der Waals surface area contributed by atoms with E-state index in [1.54, 1.807) is 0 Å². The Labute approximate surface area is 175 Å². The van der Waals surface area contributed by atoms with E-state index in [0.29, 0.717) is 26.4 Å². The molecule has 0 unspecified atom stereocenters. The molecule has 0 bridgehead atoms. The lowest BCUT2D eigenvalue weighted by Gasteiger charge is -2.43. The molecule has 0 aliphatic rings. The van der Waals surface area contributed by atoms with Gasteiger partial charge in [0.2, 0.25) is 0 Å². The zero-order valence-corrected chi connectivity index (χ0v) is 18.9. The van der Waals surface area contributed by atoms with Crippen LogP contribution < -0.4 is 10.4 Å². The van der Waals surface area contributed by atoms with Crippen LogP contribution in [0.3, 0.4) is 0 Å². The summed E-state index contributed by atoms with van der Waals surface area (Å²) in [5.74, 6) is -0.389. The predicted molar refractivity (Wildman–Crippen MR) is 117 cm³/mol. The van der Waals surface area contributed by atoms with Crippen molar-refractivity contribution in [3.05, 3.63) is 60.7 Å². The number of ether oxygens (including phenoxy) is 3. The summed E-state index contributed by atoms with van der Waals surface area (Å²) in [5.41, 5.74) is 0. The number of methoxy groups -OCH3 is 1. The number of rotatable bonds is 11. The largest absolute Gasteiger partial charge is 0.467 e. The van der Waals surface area contributed by atoms with Gasteiger partial charge in [-0.2, -0.15) is 0 Å². The lowest BCUT2D eigenvalue weighted by Crippen LogP contribution is -2.66. The third kappa shape index (κ3) is 6.24. The molecule has 0 aliphatic carbocycles. The van der Waals surface area contributed by atoms with E-state index in [-0.39, 0.29) is 17.6 Å². The van der Waals surface area contributed by atoms with Gasteiger partial charge < -0.3 is 18.6 Å². The van der Waals surface area contributed by atoms with E-state index in [2.05, 4.69) is 74.0 Å². The van der Waals surface area contributed by atoms with Gasteiger partial charge in [0.25, 0.3) is 8.32 Å². The highest BCUT2D eigenvalue weighted by Crippen LogP contribution is 2.36. The molecule has 29 heavy (non-hydrogen) atoms. The molecule has 0 saturated carbocycles. The van der Waals surface area contributed by atoms with Crippen molar-refractivity contribution in [2.45, 2.75) is 25.8 Å². The summed E-state index contributed by atoms with van der Waals surface area (Å²) >= 11 is 0. The Bertz CT molecular complexity index is 688. The van der Waals surface area contributed by atoms with Gasteiger partial charge in [0.15, 0.2) is 0 Å². The SMILES string of the molecule is COC(=O)COCCOCCO[Si](c1ccccc1)(c1ccccc1)C(C)(C)C. The van der Waals surface area contributed by atoms with Gasteiger partial charge in [-0.3, -0.25) is 0 Å². The topological polar surface area (TPSA) is 54.0 Å². The van der Waals surface area contributed by atoms with Gasteiger partial charge in [0, 0.05) is 0 Å². The number of carbonyl (C=O) groups excluding carboxylic acids is 1. The Balaban J connectivity index is 2.05. The molecule has 2 rings (SSSR count). The molecule has 0 spiro atoms. The zero-order valence-electron chi connectivity index (χ0n) is 17.9. The van der Waals surface area contributed by atoms with Crippen molar-refractivity contribution < 1.29 is 23.4 Å². The molecule has 2 aromatic carbocycles. The van der Waals surface area contributed by atoms with Crippen LogP contribution in [-0.4, -0.2) is 54.4 Å². The average molecular weight is 417 g/mol. The first kappa shape index (κ1) is 23.3. The van der Waals surface area contributed by atoms with Crippen LogP contribution in [0.1, 0.15) is 20.8 Å². The smallest absolute Gasteiger partial charge is 0.331 e. The van der Waals surface area contributed by atoms with E-state index in [1.807, 2.05) is 12.1 Å². The van der Waals surface area contributed by atoms with Crippen LogP contribution in [0.15, 0.2) is 60.7 Å². The molecule has 0 radical (unpaired) electrons. The third-order valence-electron chi connectivity index (χ3n) is 4.78. The summed E-state index contributed by atoms with van der Waals surface area (Å²) in [6, 6.07) is 21.1. The molecule has 0 N–H and O–H groups in total. The molecule has 0 atom stereocenters. The van der Waals surface area contributed by atoms with Crippen LogP contribution >= 0.6 is 0 Å². The van der Waals surface area contributed by atoms with Crippen molar-refractivity contribution in [1.29, 1.82) is 0 Å². The molecule has 0 fully saturated rings. The number of hydrogen-bond donors (Lipinski definition) is 0. The van der Waals surface area contributed by atoms with Crippen molar-refractivity contribution >= 4 is 24.7 Å². The van der Waals surface area contributed by atoms with E-state index in [0.717, 1.165) is 0 Å². The molecule has 0 heterocycles. The highest BCUT2D eigenvalue weighted by Gasteiger charge is 2.49. The van der Waals surface area contributed by atoms with E-state index >= 15 is 0 Å². The van der Waals surface area contributed by atoms with Gasteiger partial charge >= 0.3 is 5.97 Å². The third-order valence-corrected chi connectivity index (χ3v) is 9.82. The molecular weight excluding hydrogens is 384 g/mol. The maximum Gasteiger partial charge on any atom is 0.331 e. The molecule has 2 aromatic rings. The predicted octanol–water partition coefficient (Wildman–Crippen LogP) is 2.77. The van der Waals surface area contributed by atoms with Crippen LogP contribution in [0.2, 0.25) is 5.04 Å². The number of benzene rings is 2. The second-order valence-electron chi connectivity index (χ2n) is 7.75. The highest BCUT2D eigenvalue weighted by atomic mass is 28.4. The van der Waals surface area contributed by atoms with Crippen molar-refractivity contribution in [3.63, 3.8) is 0 Å². The van der Waals surface area contributed by atoms with Gasteiger partial charge in [0.1, 0.15) is 6.61 Å². The summed E-state index contributed by atoms with van der Waals surface area (Å²) in [6.45, 7) is 8.40. The molecular formula is C23H32O5Si. The Morgan fingerprint density at radius 3 is 1.76 bits per heavy atom. The second-order valence-corrected chi connectivity index (χ2v) is 12.1. The fourth-order valence-electron chi connectivity index (χ4n) is 3.45. The molecule has 0 saturated heterocycles. The fourth-order valence-corrected chi connectivity index (χ4v) is 7.99. The lowest BCUT2D eigenvalue weighted by molar-refractivity contribution is -0.146. The minimum absolute atomic E-state index is 0.0562. The number of carbonyl (C=O) groups is 1. The quantitative estimate of drug-likeness (QED) is 0.320. The van der Waals surface area contributed by atoms with Crippen molar-refractivity contribution in [1.82, 2.24) is 0 Å². The Morgan fingerprint density at radius 2 is 1.28 bits per heavy atom. The minimum Gasteiger partial charge on any atom is -0.467 e. The first-order chi connectivity index (χ1) is 13.9.